The van der Waals surface area contributed by atoms with E-state index in [9.17, 15) is 17.6 Å². The molecule has 1 aliphatic heterocycles. The summed E-state index contributed by atoms with van der Waals surface area (Å²) in [6.07, 6.45) is 10.5. The molecule has 1 aromatic rings. The number of rotatable bonds is 9. The van der Waals surface area contributed by atoms with Crippen LogP contribution in [0.4, 0.5) is 17.6 Å². The molecule has 0 aromatic heterocycles. The quantitative estimate of drug-likeness (QED) is 0.205. The molecule has 2 fully saturated rings. The first-order chi connectivity index (χ1) is 14.5. The molecular formula is C25H35F4Si. The van der Waals surface area contributed by atoms with Gasteiger partial charge in [-0.1, -0.05) is 62.4 Å². The van der Waals surface area contributed by atoms with Crippen LogP contribution in [0, 0.1) is 17.7 Å². The minimum absolute atomic E-state index is 0.0354. The number of halogens is 4. The average molecular weight is 440 g/mol. The predicted molar refractivity (Wildman–Crippen MR) is 119 cm³/mol. The molecule has 1 saturated heterocycles. The smallest absolute Gasteiger partial charge is 0.251 e. The molecule has 0 nitrogen and oxygen atoms in total. The van der Waals surface area contributed by atoms with Crippen molar-refractivity contribution >= 4 is 14.9 Å². The zero-order valence-corrected chi connectivity index (χ0v) is 19.0. The van der Waals surface area contributed by atoms with E-state index < -0.39 is 11.9 Å². The van der Waals surface area contributed by atoms with Gasteiger partial charge in [0, 0.05) is 20.4 Å². The maximum absolute atomic E-state index is 14.1. The van der Waals surface area contributed by atoms with Gasteiger partial charge in [0.15, 0.2) is 0 Å². The standard InChI is InChI=1S/C25H35F4Si/c26-13-1-2-14-30-15-11-20(12-16-30)4-3-19-5-7-21(8-6-19)22-9-10-23(18-25(28)29)24(27)17-22/h9-10,17-21H,1-8,11-16H2. The number of hydrogen-bond donors (Lipinski definition) is 0. The summed E-state index contributed by atoms with van der Waals surface area (Å²) in [5.41, 5.74) is 0.920. The first-order valence-corrected chi connectivity index (χ1v) is 13.9. The lowest BCUT2D eigenvalue weighted by Gasteiger charge is -2.32. The van der Waals surface area contributed by atoms with Gasteiger partial charge in [0.05, 0.1) is 6.67 Å². The Balaban J connectivity index is 1.36. The molecule has 1 saturated carbocycles. The van der Waals surface area contributed by atoms with Gasteiger partial charge < -0.3 is 0 Å². The summed E-state index contributed by atoms with van der Waals surface area (Å²) in [6, 6.07) is 8.92. The van der Waals surface area contributed by atoms with Gasteiger partial charge in [-0.05, 0) is 61.5 Å². The number of benzene rings is 1. The van der Waals surface area contributed by atoms with E-state index in [0.717, 1.165) is 43.1 Å². The van der Waals surface area contributed by atoms with Crippen molar-refractivity contribution in [3.63, 3.8) is 0 Å². The van der Waals surface area contributed by atoms with Crippen LogP contribution in [0.5, 0.6) is 0 Å². The molecule has 0 unspecified atom stereocenters. The van der Waals surface area contributed by atoms with Gasteiger partial charge >= 0.3 is 0 Å². The van der Waals surface area contributed by atoms with Crippen molar-refractivity contribution in [1.82, 2.24) is 0 Å². The van der Waals surface area contributed by atoms with Crippen molar-refractivity contribution in [3.8, 4) is 0 Å². The topological polar surface area (TPSA) is 0 Å². The minimum atomic E-state index is -1.87. The fourth-order valence-electron chi connectivity index (χ4n) is 5.38. The fourth-order valence-corrected chi connectivity index (χ4v) is 8.51. The molecule has 0 atom stereocenters. The Hall–Kier alpha value is -1.10. The van der Waals surface area contributed by atoms with Crippen LogP contribution in [0.25, 0.3) is 6.08 Å². The van der Waals surface area contributed by atoms with E-state index in [4.69, 9.17) is 0 Å². The van der Waals surface area contributed by atoms with Crippen LogP contribution in [0.1, 0.15) is 81.3 Å². The Bertz CT molecular complexity index is 670. The van der Waals surface area contributed by atoms with Gasteiger partial charge in [-0.15, -0.1) is 0 Å². The van der Waals surface area contributed by atoms with Crippen LogP contribution in [0.2, 0.25) is 18.1 Å². The monoisotopic (exact) mass is 439 g/mol. The van der Waals surface area contributed by atoms with Crippen LogP contribution in [-0.2, 0) is 0 Å². The molecule has 1 radical (unpaired) electrons. The Labute approximate surface area is 180 Å². The number of unbranched alkanes of at least 4 members (excludes halogenated alkanes) is 1. The zero-order chi connectivity index (χ0) is 21.3. The van der Waals surface area contributed by atoms with Crippen LogP contribution in [-0.4, -0.2) is 15.5 Å². The van der Waals surface area contributed by atoms with Crippen molar-refractivity contribution in [2.24, 2.45) is 11.8 Å². The highest BCUT2D eigenvalue weighted by Gasteiger charge is 2.26. The average Bonchev–Trinajstić information content (AvgIpc) is 2.75. The van der Waals surface area contributed by atoms with Crippen molar-refractivity contribution in [1.29, 1.82) is 0 Å². The van der Waals surface area contributed by atoms with E-state index in [1.54, 1.807) is 0 Å². The second kappa shape index (κ2) is 12.1. The summed E-state index contributed by atoms with van der Waals surface area (Å²) in [7, 11) is -0.188. The highest BCUT2D eigenvalue weighted by molar-refractivity contribution is 6.58. The molecule has 0 spiro atoms. The highest BCUT2D eigenvalue weighted by atomic mass is 28.3. The normalized spacial score (nSPS) is 23.5. The molecule has 3 rings (SSSR count). The molecule has 0 bridgehead atoms. The largest absolute Gasteiger partial charge is 0.271 e. The first-order valence-electron chi connectivity index (χ1n) is 11.8. The lowest BCUT2D eigenvalue weighted by atomic mass is 9.76. The second-order valence-corrected chi connectivity index (χ2v) is 12.3. The van der Waals surface area contributed by atoms with E-state index in [1.165, 1.54) is 68.8 Å². The molecule has 0 amide bonds. The third kappa shape index (κ3) is 7.25. The minimum Gasteiger partial charge on any atom is -0.251 e. The van der Waals surface area contributed by atoms with Crippen molar-refractivity contribution in [3.05, 3.63) is 41.2 Å². The summed E-state index contributed by atoms with van der Waals surface area (Å²) >= 11 is 0. The van der Waals surface area contributed by atoms with E-state index in [1.807, 2.05) is 6.07 Å². The van der Waals surface area contributed by atoms with Crippen LogP contribution in [0.15, 0.2) is 24.3 Å². The van der Waals surface area contributed by atoms with Gasteiger partial charge in [0.25, 0.3) is 6.08 Å². The van der Waals surface area contributed by atoms with E-state index in [2.05, 4.69) is 0 Å². The predicted octanol–water partition coefficient (Wildman–Crippen LogP) is 8.77. The van der Waals surface area contributed by atoms with Crippen LogP contribution < -0.4 is 0 Å². The summed E-state index contributed by atoms with van der Waals surface area (Å²) in [5.74, 6) is 1.48. The summed E-state index contributed by atoms with van der Waals surface area (Å²) in [5, 5.41) is 0. The van der Waals surface area contributed by atoms with Gasteiger partial charge in [-0.2, -0.15) is 8.78 Å². The molecule has 0 N–H and O–H groups in total. The third-order valence-electron chi connectivity index (χ3n) is 7.32. The molecule has 2 aliphatic rings. The fraction of sp³-hybridized carbons (Fsp3) is 0.680. The zero-order valence-electron chi connectivity index (χ0n) is 18.0. The van der Waals surface area contributed by atoms with Crippen LogP contribution >= 0.6 is 0 Å². The van der Waals surface area contributed by atoms with Gasteiger partial charge in [-0.3, -0.25) is 4.39 Å². The molecule has 167 valence electrons. The van der Waals surface area contributed by atoms with E-state index >= 15 is 0 Å². The maximum Gasteiger partial charge on any atom is 0.271 e. The number of hydrogen-bond acceptors (Lipinski definition) is 0. The van der Waals surface area contributed by atoms with Crippen molar-refractivity contribution in [2.45, 2.75) is 88.3 Å². The summed E-state index contributed by atoms with van der Waals surface area (Å²) in [6.45, 7) is -0.156. The van der Waals surface area contributed by atoms with Crippen molar-refractivity contribution < 1.29 is 17.6 Å². The summed E-state index contributed by atoms with van der Waals surface area (Å²) in [4.78, 5) is 0. The van der Waals surface area contributed by atoms with Crippen molar-refractivity contribution in [2.75, 3.05) is 6.67 Å². The SMILES string of the molecule is FCCCC[Si]1CCC(CCC2CCC(c3ccc(C=C(F)F)c(F)c3)CC2)CC1. The molecule has 30 heavy (non-hydrogen) atoms. The Morgan fingerprint density at radius 2 is 1.60 bits per heavy atom. The number of alkyl halides is 1. The molecule has 1 aliphatic carbocycles. The molecule has 1 heterocycles. The third-order valence-corrected chi connectivity index (χ3v) is 10.4. The first kappa shape index (κ1) is 23.6. The Morgan fingerprint density at radius 3 is 2.20 bits per heavy atom. The highest BCUT2D eigenvalue weighted by Crippen LogP contribution is 2.40. The van der Waals surface area contributed by atoms with Gasteiger partial charge in [-0.25, -0.2) is 4.39 Å². The van der Waals surface area contributed by atoms with Crippen LogP contribution in [0.3, 0.4) is 0 Å². The molecule has 5 heteroatoms. The molecular weight excluding hydrogens is 404 g/mol. The Kier molecular flexibility index (Phi) is 9.48. The Morgan fingerprint density at radius 1 is 0.933 bits per heavy atom. The summed E-state index contributed by atoms with van der Waals surface area (Å²) < 4.78 is 51.1. The molecule has 1 aromatic carbocycles. The van der Waals surface area contributed by atoms with Gasteiger partial charge in [0.2, 0.25) is 0 Å². The lowest BCUT2D eigenvalue weighted by molar-refractivity contribution is 0.280. The van der Waals surface area contributed by atoms with E-state index in [-0.39, 0.29) is 21.0 Å². The maximum atomic E-state index is 14.1. The lowest BCUT2D eigenvalue weighted by Crippen LogP contribution is -2.22. The second-order valence-electron chi connectivity index (χ2n) is 9.35. The van der Waals surface area contributed by atoms with Gasteiger partial charge in [0.1, 0.15) is 5.82 Å². The van der Waals surface area contributed by atoms with E-state index in [0.29, 0.717) is 12.0 Å².